The predicted octanol–water partition coefficient (Wildman–Crippen LogP) is 2.41. The van der Waals surface area contributed by atoms with E-state index in [-0.39, 0.29) is 13.6 Å². The average Bonchev–Trinajstić information content (AvgIpc) is 1.91. The Bertz CT molecular complexity index is 97.1. The minimum atomic E-state index is -0.340. The molecule has 3 nitrogen and oxygen atoms in total. The lowest BCUT2D eigenvalue weighted by Crippen LogP contribution is -2.30. The lowest BCUT2D eigenvalue weighted by Gasteiger charge is -2.06. The van der Waals surface area contributed by atoms with Gasteiger partial charge in [-0.15, -0.1) is 0 Å². The molecule has 0 aromatic carbocycles. The van der Waals surface area contributed by atoms with Gasteiger partial charge in [0, 0.05) is 7.47 Å². The first-order valence-electron chi connectivity index (χ1n) is 4.10. The van der Waals surface area contributed by atoms with Crippen molar-refractivity contribution in [3.8, 4) is 0 Å². The molecule has 70 valence electrons. The molecule has 0 aliphatic rings. The zero-order valence-electron chi connectivity index (χ0n) is 8.10. The quantitative estimate of drug-likeness (QED) is 0.679. The second-order valence-electron chi connectivity index (χ2n) is 2.02. The molecule has 0 atom stereocenters. The van der Waals surface area contributed by atoms with Crippen LogP contribution >= 0.6 is 0 Å². The zero-order chi connectivity index (χ0) is 9.28. The summed E-state index contributed by atoms with van der Waals surface area (Å²) in [6, 6.07) is 0.157. The van der Waals surface area contributed by atoms with E-state index in [1.165, 1.54) is 0 Å². The molecule has 11 heavy (non-hydrogen) atoms. The Morgan fingerprint density at radius 3 is 2.27 bits per heavy atom. The molecule has 0 saturated heterocycles. The number of hydrogen-bond donors (Lipinski definition) is 1. The van der Waals surface area contributed by atoms with Crippen molar-refractivity contribution >= 4 is 6.09 Å². The number of carbonyl (C=O) groups is 1. The molecule has 1 amide bonds. The summed E-state index contributed by atoms with van der Waals surface area (Å²) in [5.41, 5.74) is 0. The number of carbonyl (C=O) groups excluding carboxylic acids is 1. The SMILES string of the molecule is CC.CCOC(=O)NC(C)C.[HH]. The normalized spacial score (nSPS) is 8.18. The maximum atomic E-state index is 10.5. The number of hydrogen-bond acceptors (Lipinski definition) is 2. The standard InChI is InChI=1S/C6H13NO2.C2H6.H2/c1-4-9-6(8)7-5(2)3;1-2;/h5H,4H2,1-3H3,(H,7,8);1-2H3;1H. The van der Waals surface area contributed by atoms with Crippen molar-refractivity contribution in [1.29, 1.82) is 0 Å². The molecular formula is C8H21NO2. The topological polar surface area (TPSA) is 38.3 Å². The van der Waals surface area contributed by atoms with Crippen LogP contribution < -0.4 is 5.32 Å². The van der Waals surface area contributed by atoms with E-state index in [2.05, 4.69) is 10.1 Å². The number of nitrogens with one attached hydrogen (secondary N) is 1. The van der Waals surface area contributed by atoms with Crippen molar-refractivity contribution in [2.75, 3.05) is 6.61 Å². The van der Waals surface area contributed by atoms with E-state index in [4.69, 9.17) is 0 Å². The van der Waals surface area contributed by atoms with E-state index in [1.54, 1.807) is 6.92 Å². The van der Waals surface area contributed by atoms with Crippen LogP contribution in [0.15, 0.2) is 0 Å². The maximum absolute atomic E-state index is 10.5. The Balaban J connectivity index is -0.000000249. The van der Waals surface area contributed by atoms with Gasteiger partial charge in [0.05, 0.1) is 6.61 Å². The van der Waals surface area contributed by atoms with Crippen molar-refractivity contribution < 1.29 is 11.0 Å². The summed E-state index contributed by atoms with van der Waals surface area (Å²) in [6.45, 7) is 9.98. The zero-order valence-corrected chi connectivity index (χ0v) is 8.10. The van der Waals surface area contributed by atoms with E-state index in [1.807, 2.05) is 27.7 Å². The fraction of sp³-hybridized carbons (Fsp3) is 0.875. The van der Waals surface area contributed by atoms with Gasteiger partial charge in [-0.25, -0.2) is 4.79 Å². The monoisotopic (exact) mass is 163 g/mol. The number of rotatable bonds is 2. The summed E-state index contributed by atoms with van der Waals surface area (Å²) < 4.78 is 4.60. The van der Waals surface area contributed by atoms with Crippen LogP contribution in [0.2, 0.25) is 0 Å². The van der Waals surface area contributed by atoms with E-state index >= 15 is 0 Å². The Kier molecular flexibility index (Phi) is 10.9. The van der Waals surface area contributed by atoms with Gasteiger partial charge >= 0.3 is 6.09 Å². The summed E-state index contributed by atoms with van der Waals surface area (Å²) >= 11 is 0. The fourth-order valence-corrected chi connectivity index (χ4v) is 0.408. The molecule has 0 saturated carbocycles. The molecule has 3 heteroatoms. The Labute approximate surface area is 70.6 Å². The minimum absolute atomic E-state index is 0. The molecule has 0 bridgehead atoms. The van der Waals surface area contributed by atoms with Gasteiger partial charge < -0.3 is 10.1 Å². The molecule has 0 aromatic heterocycles. The van der Waals surface area contributed by atoms with Crippen molar-refractivity contribution in [3.05, 3.63) is 0 Å². The molecule has 1 N–H and O–H groups in total. The van der Waals surface area contributed by atoms with Crippen LogP contribution in [-0.4, -0.2) is 18.7 Å². The Hall–Kier alpha value is -0.730. The summed E-state index contributed by atoms with van der Waals surface area (Å²) in [6.07, 6.45) is -0.340. The lowest BCUT2D eigenvalue weighted by molar-refractivity contribution is 0.149. The van der Waals surface area contributed by atoms with Gasteiger partial charge in [-0.3, -0.25) is 0 Å². The van der Waals surface area contributed by atoms with Crippen molar-refractivity contribution in [3.63, 3.8) is 0 Å². The van der Waals surface area contributed by atoms with E-state index < -0.39 is 0 Å². The second kappa shape index (κ2) is 9.27. The maximum Gasteiger partial charge on any atom is 0.407 e. The average molecular weight is 163 g/mol. The number of amides is 1. The first-order valence-corrected chi connectivity index (χ1v) is 4.10. The highest BCUT2D eigenvalue weighted by molar-refractivity contribution is 5.67. The number of ether oxygens (including phenoxy) is 1. The highest BCUT2D eigenvalue weighted by Gasteiger charge is 1.99. The smallest absolute Gasteiger partial charge is 0.407 e. The molecule has 0 rings (SSSR count). The molecule has 0 aliphatic carbocycles. The molecule has 0 aromatic rings. The summed E-state index contributed by atoms with van der Waals surface area (Å²) in [7, 11) is 0. The van der Waals surface area contributed by atoms with Crippen molar-refractivity contribution in [1.82, 2.24) is 5.32 Å². The minimum Gasteiger partial charge on any atom is -0.450 e. The van der Waals surface area contributed by atoms with Crippen LogP contribution in [0.4, 0.5) is 4.79 Å². The lowest BCUT2D eigenvalue weighted by atomic mass is 10.4. The van der Waals surface area contributed by atoms with Crippen LogP contribution in [0.1, 0.15) is 36.0 Å². The largest absolute Gasteiger partial charge is 0.450 e. The predicted molar refractivity (Wildman–Crippen MR) is 48.8 cm³/mol. The van der Waals surface area contributed by atoms with Crippen LogP contribution in [0.25, 0.3) is 0 Å². The molecule has 0 radical (unpaired) electrons. The van der Waals surface area contributed by atoms with Crippen molar-refractivity contribution in [2.45, 2.75) is 40.7 Å². The van der Waals surface area contributed by atoms with Crippen LogP contribution in [0.3, 0.4) is 0 Å². The highest BCUT2D eigenvalue weighted by atomic mass is 16.5. The molecule has 0 heterocycles. The van der Waals surface area contributed by atoms with Gasteiger partial charge in [0.2, 0.25) is 0 Å². The fourth-order valence-electron chi connectivity index (χ4n) is 0.408. The van der Waals surface area contributed by atoms with Gasteiger partial charge in [0.15, 0.2) is 0 Å². The van der Waals surface area contributed by atoms with Gasteiger partial charge in [-0.1, -0.05) is 13.8 Å². The van der Waals surface area contributed by atoms with Gasteiger partial charge in [-0.05, 0) is 20.8 Å². The molecular weight excluding hydrogens is 142 g/mol. The summed E-state index contributed by atoms with van der Waals surface area (Å²) in [5.74, 6) is 0. The molecule has 0 aliphatic heterocycles. The Morgan fingerprint density at radius 2 is 2.00 bits per heavy atom. The molecule has 0 fully saturated rings. The second-order valence-corrected chi connectivity index (χ2v) is 2.02. The third kappa shape index (κ3) is 12.5. The first-order chi connectivity index (χ1) is 5.16. The van der Waals surface area contributed by atoms with E-state index in [0.29, 0.717) is 6.61 Å². The highest BCUT2D eigenvalue weighted by Crippen LogP contribution is 1.80. The van der Waals surface area contributed by atoms with E-state index in [9.17, 15) is 4.79 Å². The third-order valence-corrected chi connectivity index (χ3v) is 0.682. The number of alkyl carbamates (subject to hydrolysis) is 1. The third-order valence-electron chi connectivity index (χ3n) is 0.682. The Morgan fingerprint density at radius 1 is 1.55 bits per heavy atom. The van der Waals surface area contributed by atoms with Crippen LogP contribution in [0.5, 0.6) is 0 Å². The van der Waals surface area contributed by atoms with Crippen molar-refractivity contribution in [2.24, 2.45) is 0 Å². The summed E-state index contributed by atoms with van der Waals surface area (Å²) in [5, 5.41) is 2.58. The van der Waals surface area contributed by atoms with Gasteiger partial charge in [0.1, 0.15) is 0 Å². The summed E-state index contributed by atoms with van der Waals surface area (Å²) in [4.78, 5) is 10.5. The van der Waals surface area contributed by atoms with E-state index in [0.717, 1.165) is 0 Å². The molecule has 0 unspecified atom stereocenters. The molecule has 0 spiro atoms. The van der Waals surface area contributed by atoms with Crippen LogP contribution in [-0.2, 0) is 4.74 Å². The van der Waals surface area contributed by atoms with Gasteiger partial charge in [0.25, 0.3) is 0 Å². The van der Waals surface area contributed by atoms with Gasteiger partial charge in [-0.2, -0.15) is 0 Å². The van der Waals surface area contributed by atoms with Crippen LogP contribution in [0, 0.1) is 0 Å². The first kappa shape index (κ1) is 12.9.